The van der Waals surface area contributed by atoms with E-state index in [1.165, 1.54) is 12.8 Å². The molecule has 3 heteroatoms. The van der Waals surface area contributed by atoms with Crippen LogP contribution in [-0.4, -0.2) is 18.0 Å². The van der Waals surface area contributed by atoms with Crippen molar-refractivity contribution in [1.29, 1.82) is 0 Å². The van der Waals surface area contributed by atoms with E-state index >= 15 is 0 Å². The molecule has 3 N–H and O–H groups in total. The summed E-state index contributed by atoms with van der Waals surface area (Å²) < 4.78 is 0. The molecule has 0 aromatic rings. The number of rotatable bonds is 2. The van der Waals surface area contributed by atoms with Crippen molar-refractivity contribution in [1.82, 2.24) is 5.32 Å². The Morgan fingerprint density at radius 3 is 2.10 bits per heavy atom. The van der Waals surface area contributed by atoms with Gasteiger partial charge in [-0.25, -0.2) is 0 Å². The molecule has 1 amide bonds. The van der Waals surface area contributed by atoms with Crippen molar-refractivity contribution < 1.29 is 4.79 Å². The van der Waals surface area contributed by atoms with Gasteiger partial charge in [0.05, 0.1) is 0 Å². The molecule has 116 valence electrons. The highest BCUT2D eigenvalue weighted by molar-refractivity contribution is 5.80. The Kier molecular flexibility index (Phi) is 3.73. The molecule has 0 saturated heterocycles. The average molecular weight is 280 g/mol. The summed E-state index contributed by atoms with van der Waals surface area (Å²) in [7, 11) is 0. The second-order valence-corrected chi connectivity index (χ2v) is 8.85. The van der Waals surface area contributed by atoms with Crippen LogP contribution in [0.25, 0.3) is 0 Å². The first kappa shape index (κ1) is 15.8. The molecule has 0 spiro atoms. The second-order valence-electron chi connectivity index (χ2n) is 8.85. The first-order valence-corrected chi connectivity index (χ1v) is 8.07. The van der Waals surface area contributed by atoms with E-state index in [1.807, 2.05) is 0 Å². The van der Waals surface area contributed by atoms with Crippen LogP contribution in [0.4, 0.5) is 0 Å². The molecule has 0 radical (unpaired) electrons. The van der Waals surface area contributed by atoms with Gasteiger partial charge in [0.15, 0.2) is 0 Å². The molecule has 3 nitrogen and oxygen atoms in total. The molecular formula is C17H32N2O. The number of nitrogens with two attached hydrogens (primary N) is 1. The van der Waals surface area contributed by atoms with Gasteiger partial charge in [-0.15, -0.1) is 0 Å². The summed E-state index contributed by atoms with van der Waals surface area (Å²) in [5.41, 5.74) is 6.38. The van der Waals surface area contributed by atoms with Gasteiger partial charge in [-0.1, -0.05) is 54.4 Å². The third kappa shape index (κ3) is 2.28. The summed E-state index contributed by atoms with van der Waals surface area (Å²) in [6.07, 6.45) is 4.61. The molecule has 0 bridgehead atoms. The van der Waals surface area contributed by atoms with E-state index in [-0.39, 0.29) is 40.2 Å². The largest absolute Gasteiger partial charge is 0.352 e. The lowest BCUT2D eigenvalue weighted by atomic mass is 9.48. The van der Waals surface area contributed by atoms with E-state index in [2.05, 4.69) is 46.9 Å². The molecule has 20 heavy (non-hydrogen) atoms. The third-order valence-corrected chi connectivity index (χ3v) is 6.20. The Balaban J connectivity index is 2.08. The number of amides is 1. The molecule has 1 unspecified atom stereocenters. The molecule has 2 rings (SSSR count). The standard InChI is InChI=1S/C17H32N2O/c1-15(2)10-8-7-9-11(15)12(20)19-14-16(3,4)13(18)17(14,5)6/h11,13-14H,7-10,18H2,1-6H3,(H,19,20). The van der Waals surface area contributed by atoms with E-state index < -0.39 is 0 Å². The van der Waals surface area contributed by atoms with Crippen LogP contribution >= 0.6 is 0 Å². The van der Waals surface area contributed by atoms with Gasteiger partial charge in [0.25, 0.3) is 0 Å². The fourth-order valence-corrected chi connectivity index (χ4v) is 4.78. The van der Waals surface area contributed by atoms with Gasteiger partial charge in [0.2, 0.25) is 5.91 Å². The Bertz CT molecular complexity index is 382. The minimum absolute atomic E-state index is 0.0159. The summed E-state index contributed by atoms with van der Waals surface area (Å²) in [6, 6.07) is 0.315. The molecule has 0 aromatic carbocycles. The third-order valence-electron chi connectivity index (χ3n) is 6.20. The van der Waals surface area contributed by atoms with Gasteiger partial charge < -0.3 is 11.1 Å². The SMILES string of the molecule is CC1(C)CCCCC1C(=O)NC1C(C)(C)C(N)C1(C)C. The maximum Gasteiger partial charge on any atom is 0.223 e. The number of hydrogen-bond donors (Lipinski definition) is 2. The minimum Gasteiger partial charge on any atom is -0.352 e. The van der Waals surface area contributed by atoms with E-state index in [0.717, 1.165) is 12.8 Å². The maximum atomic E-state index is 12.7. The van der Waals surface area contributed by atoms with Crippen LogP contribution in [0.15, 0.2) is 0 Å². The summed E-state index contributed by atoms with van der Waals surface area (Å²) >= 11 is 0. The maximum absolute atomic E-state index is 12.7. The van der Waals surface area contributed by atoms with E-state index in [0.29, 0.717) is 0 Å². The van der Waals surface area contributed by atoms with Gasteiger partial charge in [-0.2, -0.15) is 0 Å². The van der Waals surface area contributed by atoms with Crippen molar-refractivity contribution in [2.45, 2.75) is 79.3 Å². The van der Waals surface area contributed by atoms with Crippen molar-refractivity contribution >= 4 is 5.91 Å². The van der Waals surface area contributed by atoms with Crippen LogP contribution in [0.5, 0.6) is 0 Å². The fraction of sp³-hybridized carbons (Fsp3) is 0.941. The summed E-state index contributed by atoms with van der Waals surface area (Å²) in [5, 5.41) is 3.33. The zero-order valence-electron chi connectivity index (χ0n) is 14.0. The first-order chi connectivity index (χ1) is 9.01. The van der Waals surface area contributed by atoms with E-state index in [9.17, 15) is 4.79 Å². The molecule has 2 aliphatic rings. The van der Waals surface area contributed by atoms with Crippen molar-refractivity contribution in [3.05, 3.63) is 0 Å². The molecule has 2 fully saturated rings. The van der Waals surface area contributed by atoms with Gasteiger partial charge >= 0.3 is 0 Å². The van der Waals surface area contributed by atoms with Crippen LogP contribution in [-0.2, 0) is 4.79 Å². The highest BCUT2D eigenvalue weighted by Gasteiger charge is 2.60. The van der Waals surface area contributed by atoms with E-state index in [1.54, 1.807) is 0 Å². The van der Waals surface area contributed by atoms with Crippen LogP contribution in [0.3, 0.4) is 0 Å². The predicted molar refractivity (Wildman–Crippen MR) is 83.2 cm³/mol. The first-order valence-electron chi connectivity index (χ1n) is 8.07. The van der Waals surface area contributed by atoms with Gasteiger partial charge in [0, 0.05) is 28.8 Å². The number of carbonyl (C=O) groups excluding carboxylic acids is 1. The predicted octanol–water partition coefficient (Wildman–Crippen LogP) is 3.08. The summed E-state index contributed by atoms with van der Waals surface area (Å²) in [5.74, 6) is 0.396. The Hall–Kier alpha value is -0.570. The van der Waals surface area contributed by atoms with Crippen molar-refractivity contribution in [3.8, 4) is 0 Å². The highest BCUT2D eigenvalue weighted by Crippen LogP contribution is 2.53. The van der Waals surface area contributed by atoms with Crippen molar-refractivity contribution in [2.24, 2.45) is 27.9 Å². The van der Waals surface area contributed by atoms with E-state index in [4.69, 9.17) is 5.73 Å². The quantitative estimate of drug-likeness (QED) is 0.816. The zero-order valence-corrected chi connectivity index (χ0v) is 14.0. The summed E-state index contributed by atoms with van der Waals surface area (Å²) in [6.45, 7) is 13.1. The average Bonchev–Trinajstić information content (AvgIpc) is 2.33. The van der Waals surface area contributed by atoms with Gasteiger partial charge in [0.1, 0.15) is 0 Å². The highest BCUT2D eigenvalue weighted by atomic mass is 16.2. The zero-order chi connectivity index (χ0) is 15.3. The lowest BCUT2D eigenvalue weighted by Gasteiger charge is -2.63. The Morgan fingerprint density at radius 2 is 1.60 bits per heavy atom. The molecular weight excluding hydrogens is 248 g/mol. The number of carbonyl (C=O) groups is 1. The summed E-state index contributed by atoms with van der Waals surface area (Å²) in [4.78, 5) is 12.7. The van der Waals surface area contributed by atoms with Crippen molar-refractivity contribution in [3.63, 3.8) is 0 Å². The smallest absolute Gasteiger partial charge is 0.223 e. The lowest BCUT2D eigenvalue weighted by molar-refractivity contribution is -0.141. The molecule has 0 heterocycles. The molecule has 0 aliphatic heterocycles. The molecule has 2 aliphatic carbocycles. The number of nitrogens with one attached hydrogen (secondary N) is 1. The van der Waals surface area contributed by atoms with Crippen LogP contribution in [0.2, 0.25) is 0 Å². The van der Waals surface area contributed by atoms with Gasteiger partial charge in [-0.05, 0) is 18.3 Å². The second kappa shape index (κ2) is 4.72. The topological polar surface area (TPSA) is 55.1 Å². The van der Waals surface area contributed by atoms with Crippen LogP contribution in [0, 0.1) is 22.2 Å². The van der Waals surface area contributed by atoms with Gasteiger partial charge in [-0.3, -0.25) is 4.79 Å². The monoisotopic (exact) mass is 280 g/mol. The Morgan fingerprint density at radius 1 is 1.05 bits per heavy atom. The number of hydrogen-bond acceptors (Lipinski definition) is 2. The van der Waals surface area contributed by atoms with Crippen LogP contribution in [0.1, 0.15) is 67.2 Å². The Labute approximate surface area is 124 Å². The molecule has 0 aromatic heterocycles. The normalized spacial score (nSPS) is 37.9. The lowest BCUT2D eigenvalue weighted by Crippen LogP contribution is -2.76. The molecule has 2 saturated carbocycles. The van der Waals surface area contributed by atoms with Crippen LogP contribution < -0.4 is 11.1 Å². The minimum atomic E-state index is -0.0159. The van der Waals surface area contributed by atoms with Crippen molar-refractivity contribution in [2.75, 3.05) is 0 Å². The fourth-order valence-electron chi connectivity index (χ4n) is 4.78. The molecule has 1 atom stereocenters.